The fraction of sp³-hybridized carbons (Fsp3) is 0.417. The van der Waals surface area contributed by atoms with Crippen molar-refractivity contribution in [3.63, 3.8) is 0 Å². The third kappa shape index (κ3) is 4.12. The molecule has 2 N–H and O–H groups in total. The second kappa shape index (κ2) is 6.09. The average Bonchev–Trinajstić information content (AvgIpc) is 2.27. The van der Waals surface area contributed by atoms with Gasteiger partial charge in [-0.3, -0.25) is 4.79 Å². The largest absolute Gasteiger partial charge is 0.480 e. The van der Waals surface area contributed by atoms with Crippen LogP contribution in [0.2, 0.25) is 0 Å². The number of hydrogen-bond donors (Lipinski definition) is 2. The van der Waals surface area contributed by atoms with Crippen LogP contribution in [0, 0.1) is 11.9 Å². The lowest BCUT2D eigenvalue weighted by atomic mass is 10.0. The molecule has 0 bridgehead atoms. The fourth-order valence-corrected chi connectivity index (χ4v) is 1.46. The van der Waals surface area contributed by atoms with Crippen LogP contribution >= 0.6 is 0 Å². The lowest BCUT2D eigenvalue weighted by molar-refractivity contribution is -0.139. The summed E-state index contributed by atoms with van der Waals surface area (Å²) >= 11 is 0. The second-order valence-corrected chi connectivity index (χ2v) is 4.34. The van der Waals surface area contributed by atoms with E-state index in [9.17, 15) is 14.0 Å². The number of carbonyl (C=O) groups is 2. The van der Waals surface area contributed by atoms with E-state index in [0.717, 1.165) is 6.07 Å². The molecule has 0 saturated heterocycles. The molecule has 0 aliphatic heterocycles. The Bertz CT molecular complexity index is 449. The Morgan fingerprint density at radius 2 is 2.11 bits per heavy atom. The predicted molar refractivity (Wildman–Crippen MR) is 62.5 cm³/mol. The molecule has 0 fully saturated rings. The predicted octanol–water partition coefficient (Wildman–Crippen LogP) is 1.45. The van der Waals surface area contributed by atoms with Crippen LogP contribution in [-0.4, -0.2) is 28.0 Å². The van der Waals surface area contributed by atoms with Crippen molar-refractivity contribution in [2.24, 2.45) is 5.92 Å². The summed E-state index contributed by atoms with van der Waals surface area (Å²) in [6.45, 7) is 3.70. The minimum Gasteiger partial charge on any atom is -0.480 e. The van der Waals surface area contributed by atoms with Crippen molar-refractivity contribution < 1.29 is 19.1 Å². The van der Waals surface area contributed by atoms with Crippen LogP contribution in [0.15, 0.2) is 18.2 Å². The van der Waals surface area contributed by atoms with Crippen molar-refractivity contribution in [3.05, 3.63) is 29.8 Å². The topological polar surface area (TPSA) is 79.3 Å². The maximum Gasteiger partial charge on any atom is 0.326 e. The molecule has 1 atom stereocenters. The number of hydrogen-bond acceptors (Lipinski definition) is 3. The van der Waals surface area contributed by atoms with Crippen LogP contribution in [-0.2, 0) is 4.79 Å². The van der Waals surface area contributed by atoms with Crippen LogP contribution in [0.4, 0.5) is 4.39 Å². The number of amides is 1. The highest BCUT2D eigenvalue weighted by Gasteiger charge is 2.22. The molecule has 0 radical (unpaired) electrons. The standard InChI is InChI=1S/C12H15FN2O3/c1-7(2)6-9(12(17)18)15-11(16)8-4-3-5-10(13)14-8/h3-5,7,9H,6H2,1-2H3,(H,15,16)(H,17,18)/t9-/m1/s1. The summed E-state index contributed by atoms with van der Waals surface area (Å²) in [5.41, 5.74) is -0.134. The smallest absolute Gasteiger partial charge is 0.326 e. The van der Waals surface area contributed by atoms with E-state index in [0.29, 0.717) is 6.42 Å². The first-order chi connectivity index (χ1) is 8.40. The van der Waals surface area contributed by atoms with Gasteiger partial charge in [0.1, 0.15) is 11.7 Å². The number of carboxylic acids is 1. The van der Waals surface area contributed by atoms with Gasteiger partial charge in [0.05, 0.1) is 0 Å². The van der Waals surface area contributed by atoms with Gasteiger partial charge in [0.2, 0.25) is 5.95 Å². The summed E-state index contributed by atoms with van der Waals surface area (Å²) in [5, 5.41) is 11.3. The summed E-state index contributed by atoms with van der Waals surface area (Å²) in [7, 11) is 0. The van der Waals surface area contributed by atoms with E-state index in [2.05, 4.69) is 10.3 Å². The van der Waals surface area contributed by atoms with Crippen molar-refractivity contribution in [1.29, 1.82) is 0 Å². The Morgan fingerprint density at radius 3 is 2.61 bits per heavy atom. The molecule has 1 heterocycles. The van der Waals surface area contributed by atoms with E-state index < -0.39 is 23.9 Å². The highest BCUT2D eigenvalue weighted by Crippen LogP contribution is 2.06. The van der Waals surface area contributed by atoms with Crippen LogP contribution in [0.5, 0.6) is 0 Å². The molecule has 0 aliphatic carbocycles. The number of nitrogens with one attached hydrogen (secondary N) is 1. The Hall–Kier alpha value is -1.98. The van der Waals surface area contributed by atoms with Gasteiger partial charge in [0.15, 0.2) is 0 Å². The summed E-state index contributed by atoms with van der Waals surface area (Å²) < 4.78 is 12.8. The Kier molecular flexibility index (Phi) is 4.76. The maximum absolute atomic E-state index is 12.8. The molecule has 5 nitrogen and oxygen atoms in total. The number of carboxylic acid groups (broad SMARTS) is 1. The van der Waals surface area contributed by atoms with Crippen LogP contribution in [0.25, 0.3) is 0 Å². The minimum atomic E-state index is -1.12. The molecular formula is C12H15FN2O3. The highest BCUT2D eigenvalue weighted by atomic mass is 19.1. The number of carbonyl (C=O) groups excluding carboxylic acids is 1. The number of nitrogens with zero attached hydrogens (tertiary/aromatic N) is 1. The molecule has 98 valence electrons. The van der Waals surface area contributed by atoms with Gasteiger partial charge in [-0.25, -0.2) is 9.78 Å². The number of aliphatic carboxylic acids is 1. The van der Waals surface area contributed by atoms with Crippen molar-refractivity contribution in [1.82, 2.24) is 10.3 Å². The molecule has 0 unspecified atom stereocenters. The first kappa shape index (κ1) is 14.1. The molecule has 1 rings (SSSR count). The molecular weight excluding hydrogens is 239 g/mol. The quantitative estimate of drug-likeness (QED) is 0.779. The van der Waals surface area contributed by atoms with Gasteiger partial charge in [-0.15, -0.1) is 0 Å². The van der Waals surface area contributed by atoms with Crippen molar-refractivity contribution in [2.75, 3.05) is 0 Å². The molecule has 1 amide bonds. The lowest BCUT2D eigenvalue weighted by Gasteiger charge is -2.16. The van der Waals surface area contributed by atoms with Gasteiger partial charge >= 0.3 is 5.97 Å². The third-order valence-electron chi connectivity index (χ3n) is 2.26. The zero-order valence-corrected chi connectivity index (χ0v) is 10.2. The van der Waals surface area contributed by atoms with Crippen LogP contribution in [0.3, 0.4) is 0 Å². The first-order valence-corrected chi connectivity index (χ1v) is 5.56. The summed E-state index contributed by atoms with van der Waals surface area (Å²) in [4.78, 5) is 26.0. The third-order valence-corrected chi connectivity index (χ3v) is 2.26. The van der Waals surface area contributed by atoms with Gasteiger partial charge in [0, 0.05) is 0 Å². The normalized spacial score (nSPS) is 12.2. The molecule has 18 heavy (non-hydrogen) atoms. The second-order valence-electron chi connectivity index (χ2n) is 4.34. The number of aromatic nitrogens is 1. The van der Waals surface area contributed by atoms with Crippen LogP contribution in [0.1, 0.15) is 30.8 Å². The summed E-state index contributed by atoms with van der Waals surface area (Å²) in [6, 6.07) is 2.78. The molecule has 1 aromatic heterocycles. The Balaban J connectivity index is 2.75. The van der Waals surface area contributed by atoms with E-state index in [1.54, 1.807) is 0 Å². The van der Waals surface area contributed by atoms with Crippen molar-refractivity contribution in [2.45, 2.75) is 26.3 Å². The molecule has 0 aliphatic rings. The fourth-order valence-electron chi connectivity index (χ4n) is 1.46. The van der Waals surface area contributed by atoms with Crippen LogP contribution < -0.4 is 5.32 Å². The monoisotopic (exact) mass is 254 g/mol. The van der Waals surface area contributed by atoms with Gasteiger partial charge in [0.25, 0.3) is 5.91 Å². The molecule has 6 heteroatoms. The zero-order chi connectivity index (χ0) is 13.7. The minimum absolute atomic E-state index is 0.117. The average molecular weight is 254 g/mol. The van der Waals surface area contributed by atoms with E-state index in [1.165, 1.54) is 12.1 Å². The SMILES string of the molecule is CC(C)C[C@@H](NC(=O)c1cccc(F)n1)C(=O)O. The van der Waals surface area contributed by atoms with Gasteiger partial charge in [-0.1, -0.05) is 19.9 Å². The number of pyridine rings is 1. The zero-order valence-electron chi connectivity index (χ0n) is 10.2. The molecule has 0 spiro atoms. The van der Waals surface area contributed by atoms with Gasteiger partial charge < -0.3 is 10.4 Å². The van der Waals surface area contributed by atoms with Gasteiger partial charge in [-0.2, -0.15) is 4.39 Å². The van der Waals surface area contributed by atoms with Crippen molar-refractivity contribution in [3.8, 4) is 0 Å². The van der Waals surface area contributed by atoms with E-state index in [4.69, 9.17) is 5.11 Å². The molecule has 0 saturated carbocycles. The van der Waals surface area contributed by atoms with Crippen molar-refractivity contribution >= 4 is 11.9 Å². The Morgan fingerprint density at radius 1 is 1.44 bits per heavy atom. The van der Waals surface area contributed by atoms with E-state index in [1.807, 2.05) is 13.8 Å². The number of rotatable bonds is 5. The number of halogens is 1. The summed E-state index contributed by atoms with van der Waals surface area (Å²) in [5.74, 6) is -2.47. The summed E-state index contributed by atoms with van der Waals surface area (Å²) in [6.07, 6.45) is 0.302. The van der Waals surface area contributed by atoms with E-state index in [-0.39, 0.29) is 11.6 Å². The lowest BCUT2D eigenvalue weighted by Crippen LogP contribution is -2.42. The maximum atomic E-state index is 12.8. The van der Waals surface area contributed by atoms with E-state index >= 15 is 0 Å². The first-order valence-electron chi connectivity index (χ1n) is 5.56. The van der Waals surface area contributed by atoms with Gasteiger partial charge in [-0.05, 0) is 24.5 Å². The molecule has 1 aromatic rings. The Labute approximate surface area is 104 Å². The highest BCUT2D eigenvalue weighted by molar-refractivity contribution is 5.94. The molecule has 0 aromatic carbocycles.